The summed E-state index contributed by atoms with van der Waals surface area (Å²) in [4.78, 5) is 12.9. The Kier molecular flexibility index (Phi) is 6.74. The molecule has 0 N–H and O–H groups in total. The highest BCUT2D eigenvalue weighted by molar-refractivity contribution is 8.00. The second-order valence-electron chi connectivity index (χ2n) is 7.17. The summed E-state index contributed by atoms with van der Waals surface area (Å²) in [5.74, 6) is 1.46. The minimum atomic E-state index is -0.470. The molecule has 0 aliphatic carbocycles. The molecule has 1 heterocycles. The van der Waals surface area contributed by atoms with E-state index in [1.807, 2.05) is 53.1 Å². The van der Waals surface area contributed by atoms with Crippen LogP contribution in [-0.4, -0.2) is 40.0 Å². The van der Waals surface area contributed by atoms with Crippen LogP contribution in [0.2, 0.25) is 0 Å². The molecule has 0 aliphatic rings. The predicted molar refractivity (Wildman–Crippen MR) is 126 cm³/mol. The van der Waals surface area contributed by atoms with Gasteiger partial charge in [-0.25, -0.2) is 4.39 Å². The normalized spacial score (nSPS) is 11.8. The number of rotatable bonds is 8. The Bertz CT molecular complexity index is 1260. The molecule has 0 amide bonds. The van der Waals surface area contributed by atoms with Gasteiger partial charge in [-0.1, -0.05) is 23.9 Å². The van der Waals surface area contributed by atoms with Crippen LogP contribution in [-0.2, 0) is 0 Å². The first-order chi connectivity index (χ1) is 16.0. The maximum absolute atomic E-state index is 13.3. The first kappa shape index (κ1) is 22.5. The Hall–Kier alpha value is -3.65. The van der Waals surface area contributed by atoms with Crippen molar-refractivity contribution >= 4 is 17.5 Å². The predicted octanol–water partition coefficient (Wildman–Crippen LogP) is 5.45. The van der Waals surface area contributed by atoms with Gasteiger partial charge in [-0.3, -0.25) is 9.36 Å². The van der Waals surface area contributed by atoms with Crippen LogP contribution in [0.1, 0.15) is 17.3 Å². The number of nitrogens with zero attached hydrogens (tertiary/aromatic N) is 3. The molecule has 6 nitrogen and oxygen atoms in total. The highest BCUT2D eigenvalue weighted by Gasteiger charge is 2.24. The zero-order valence-electron chi connectivity index (χ0n) is 18.4. The van der Waals surface area contributed by atoms with E-state index in [9.17, 15) is 9.18 Å². The van der Waals surface area contributed by atoms with Crippen LogP contribution in [0.5, 0.6) is 11.5 Å². The smallest absolute Gasteiger partial charge is 0.196 e. The van der Waals surface area contributed by atoms with Crippen LogP contribution in [0.4, 0.5) is 4.39 Å². The lowest BCUT2D eigenvalue weighted by molar-refractivity contribution is 0.0994. The van der Waals surface area contributed by atoms with Crippen molar-refractivity contribution in [3.63, 3.8) is 0 Å². The number of ketones is 1. The summed E-state index contributed by atoms with van der Waals surface area (Å²) < 4.78 is 26.0. The molecule has 1 atom stereocenters. The Labute approximate surface area is 195 Å². The van der Waals surface area contributed by atoms with Crippen LogP contribution in [0.25, 0.3) is 17.1 Å². The number of Topliss-reactive ketones (excluding diaryl/α,β-unsaturated/α-hetero) is 1. The Morgan fingerprint density at radius 2 is 1.64 bits per heavy atom. The molecule has 0 saturated heterocycles. The Morgan fingerprint density at radius 3 is 2.30 bits per heavy atom. The van der Waals surface area contributed by atoms with E-state index in [1.54, 1.807) is 21.1 Å². The topological polar surface area (TPSA) is 66.2 Å². The fourth-order valence-corrected chi connectivity index (χ4v) is 4.32. The number of thioether (sulfide) groups is 1. The van der Waals surface area contributed by atoms with E-state index in [2.05, 4.69) is 10.2 Å². The Morgan fingerprint density at radius 1 is 0.939 bits per heavy atom. The molecule has 1 aromatic heterocycles. The number of hydrogen-bond donors (Lipinski definition) is 0. The van der Waals surface area contributed by atoms with Gasteiger partial charge in [-0.15, -0.1) is 10.2 Å². The number of para-hydroxylation sites is 1. The van der Waals surface area contributed by atoms with Crippen molar-refractivity contribution in [2.75, 3.05) is 14.2 Å². The molecular weight excluding hydrogens is 441 g/mol. The fraction of sp³-hybridized carbons (Fsp3) is 0.160. The number of carbonyl (C=O) groups excluding carboxylic acids is 1. The number of methoxy groups -OCH3 is 2. The number of hydrogen-bond acceptors (Lipinski definition) is 6. The molecule has 0 radical (unpaired) electrons. The summed E-state index contributed by atoms with van der Waals surface area (Å²) in [5.41, 5.74) is 2.02. The molecule has 0 bridgehead atoms. The molecule has 4 rings (SSSR count). The third kappa shape index (κ3) is 4.75. The third-order valence-corrected chi connectivity index (χ3v) is 6.13. The lowest BCUT2D eigenvalue weighted by atomic mass is 10.1. The second-order valence-corrected chi connectivity index (χ2v) is 8.48. The quantitative estimate of drug-likeness (QED) is 0.256. The minimum absolute atomic E-state index is 0.122. The number of carbonyl (C=O) groups is 1. The van der Waals surface area contributed by atoms with Crippen LogP contribution in [0.15, 0.2) is 78.0 Å². The molecule has 33 heavy (non-hydrogen) atoms. The summed E-state index contributed by atoms with van der Waals surface area (Å²) >= 11 is 1.29. The zero-order valence-corrected chi connectivity index (χ0v) is 19.2. The van der Waals surface area contributed by atoms with Crippen LogP contribution in [0, 0.1) is 5.82 Å². The molecule has 8 heteroatoms. The molecule has 0 aliphatic heterocycles. The monoisotopic (exact) mass is 463 g/mol. The first-order valence-corrected chi connectivity index (χ1v) is 11.1. The largest absolute Gasteiger partial charge is 0.497 e. The van der Waals surface area contributed by atoms with Gasteiger partial charge >= 0.3 is 0 Å². The second kappa shape index (κ2) is 9.87. The van der Waals surface area contributed by atoms with E-state index in [-0.39, 0.29) is 11.6 Å². The van der Waals surface area contributed by atoms with Crippen molar-refractivity contribution in [2.45, 2.75) is 17.3 Å². The average molecular weight is 464 g/mol. The van der Waals surface area contributed by atoms with Crippen molar-refractivity contribution in [3.8, 4) is 28.6 Å². The van der Waals surface area contributed by atoms with E-state index in [0.29, 0.717) is 22.3 Å². The van der Waals surface area contributed by atoms with Gasteiger partial charge in [0, 0.05) is 5.56 Å². The molecule has 4 aromatic rings. The van der Waals surface area contributed by atoms with Gasteiger partial charge in [0.05, 0.1) is 30.7 Å². The van der Waals surface area contributed by atoms with Gasteiger partial charge in [0.1, 0.15) is 17.3 Å². The molecule has 3 aromatic carbocycles. The average Bonchev–Trinajstić information content (AvgIpc) is 3.27. The number of ether oxygens (including phenoxy) is 2. The molecule has 0 spiro atoms. The van der Waals surface area contributed by atoms with E-state index < -0.39 is 5.25 Å². The standard InChI is InChI=1S/C25H22FN3O3S/c1-16(23(30)17-8-10-18(26)11-9-17)33-25-28-27-24(21-6-4-5-7-22(21)32-3)29(25)19-12-14-20(31-2)15-13-19/h4-16H,1-3H3. The number of benzene rings is 3. The van der Waals surface area contributed by atoms with Crippen molar-refractivity contribution in [3.05, 3.63) is 84.2 Å². The van der Waals surface area contributed by atoms with E-state index >= 15 is 0 Å². The maximum Gasteiger partial charge on any atom is 0.196 e. The minimum Gasteiger partial charge on any atom is -0.497 e. The number of halogens is 1. The van der Waals surface area contributed by atoms with Gasteiger partial charge in [-0.2, -0.15) is 0 Å². The van der Waals surface area contributed by atoms with Crippen LogP contribution in [0.3, 0.4) is 0 Å². The molecule has 168 valence electrons. The lowest BCUT2D eigenvalue weighted by Gasteiger charge is -2.15. The summed E-state index contributed by atoms with van der Waals surface area (Å²) in [6.45, 7) is 1.80. The van der Waals surface area contributed by atoms with Gasteiger partial charge in [-0.05, 0) is 67.6 Å². The first-order valence-electron chi connectivity index (χ1n) is 10.2. The maximum atomic E-state index is 13.3. The summed E-state index contributed by atoms with van der Waals surface area (Å²) in [6, 6.07) is 20.6. The van der Waals surface area contributed by atoms with Crippen LogP contribution >= 0.6 is 11.8 Å². The van der Waals surface area contributed by atoms with Gasteiger partial charge in [0.25, 0.3) is 0 Å². The van der Waals surface area contributed by atoms with E-state index in [0.717, 1.165) is 17.0 Å². The van der Waals surface area contributed by atoms with Crippen molar-refractivity contribution in [1.29, 1.82) is 0 Å². The van der Waals surface area contributed by atoms with Gasteiger partial charge < -0.3 is 9.47 Å². The zero-order chi connectivity index (χ0) is 23.4. The molecule has 1 unspecified atom stereocenters. The lowest BCUT2D eigenvalue weighted by Crippen LogP contribution is -2.14. The van der Waals surface area contributed by atoms with Crippen molar-refractivity contribution in [1.82, 2.24) is 14.8 Å². The van der Waals surface area contributed by atoms with Gasteiger partial charge in [0.2, 0.25) is 0 Å². The van der Waals surface area contributed by atoms with Crippen LogP contribution < -0.4 is 9.47 Å². The van der Waals surface area contributed by atoms with Gasteiger partial charge in [0.15, 0.2) is 16.8 Å². The fourth-order valence-electron chi connectivity index (χ4n) is 3.37. The summed E-state index contributed by atoms with van der Waals surface area (Å²) in [6.07, 6.45) is 0. The third-order valence-electron chi connectivity index (χ3n) is 5.09. The SMILES string of the molecule is COc1ccc(-n2c(SC(C)C(=O)c3ccc(F)cc3)nnc2-c2ccccc2OC)cc1. The number of aromatic nitrogens is 3. The molecule has 0 saturated carbocycles. The van der Waals surface area contributed by atoms with E-state index in [1.165, 1.54) is 36.0 Å². The summed E-state index contributed by atoms with van der Waals surface area (Å²) in [7, 11) is 3.21. The molecule has 0 fully saturated rings. The highest BCUT2D eigenvalue weighted by atomic mass is 32.2. The van der Waals surface area contributed by atoms with Crippen molar-refractivity contribution in [2.24, 2.45) is 0 Å². The summed E-state index contributed by atoms with van der Waals surface area (Å²) in [5, 5.41) is 8.90. The Balaban J connectivity index is 1.75. The highest BCUT2D eigenvalue weighted by Crippen LogP contribution is 2.35. The molecular formula is C25H22FN3O3S. The van der Waals surface area contributed by atoms with Crippen molar-refractivity contribution < 1.29 is 18.7 Å². The van der Waals surface area contributed by atoms with E-state index in [4.69, 9.17) is 9.47 Å².